The van der Waals surface area contributed by atoms with E-state index in [1.807, 2.05) is 0 Å². The van der Waals surface area contributed by atoms with Crippen LogP contribution < -0.4 is 0 Å². The van der Waals surface area contributed by atoms with Gasteiger partial charge in [0, 0.05) is 19.8 Å². The second kappa shape index (κ2) is 9.02. The van der Waals surface area contributed by atoms with Gasteiger partial charge in [0.15, 0.2) is 0 Å². The molecule has 0 aromatic heterocycles. The van der Waals surface area contributed by atoms with E-state index in [-0.39, 0.29) is 6.61 Å². The van der Waals surface area contributed by atoms with Gasteiger partial charge >= 0.3 is 11.9 Å². The summed E-state index contributed by atoms with van der Waals surface area (Å²) < 4.78 is 19.1. The Kier molecular flexibility index (Phi) is 7.92. The lowest BCUT2D eigenvalue weighted by atomic mass is 9.89. The summed E-state index contributed by atoms with van der Waals surface area (Å²) in [5.41, 5.74) is 0. The number of esters is 2. The predicted octanol–water partition coefficient (Wildman–Crippen LogP) is 2.28. The quantitative estimate of drug-likeness (QED) is 0.318. The number of carbonyl (C=O) groups is 2. The van der Waals surface area contributed by atoms with Crippen molar-refractivity contribution in [1.29, 1.82) is 5.41 Å². The molecule has 0 bridgehead atoms. The minimum absolute atomic E-state index is 0.192. The van der Waals surface area contributed by atoms with Gasteiger partial charge in [-0.15, -0.1) is 0 Å². The lowest BCUT2D eigenvalue weighted by Crippen LogP contribution is -2.57. The van der Waals surface area contributed by atoms with Crippen molar-refractivity contribution in [1.82, 2.24) is 0 Å². The standard InChI is InChI=1S/C14H19Cl3N2O6/c1-6-10(19-4)12(25-13(18)14(15,16)17)24-9(5-22-7(2)20)11(6)23-8(3)21/h6,9-12,18H,4-5H2,1-3H3. The average Bonchev–Trinajstić information content (AvgIpc) is 2.47. The molecule has 0 aliphatic carbocycles. The van der Waals surface area contributed by atoms with Crippen LogP contribution in [0.25, 0.3) is 0 Å². The Hall–Kier alpha value is -1.09. The first-order valence-electron chi connectivity index (χ1n) is 7.21. The normalized spacial score (nSPS) is 29.4. The maximum Gasteiger partial charge on any atom is 0.303 e. The van der Waals surface area contributed by atoms with E-state index in [2.05, 4.69) is 11.7 Å². The van der Waals surface area contributed by atoms with Gasteiger partial charge in [-0.3, -0.25) is 20.0 Å². The molecular weight excluding hydrogens is 399 g/mol. The largest absolute Gasteiger partial charge is 0.463 e. The molecule has 0 radical (unpaired) electrons. The fourth-order valence-electron chi connectivity index (χ4n) is 2.35. The van der Waals surface area contributed by atoms with Gasteiger partial charge in [0.2, 0.25) is 12.2 Å². The van der Waals surface area contributed by atoms with Crippen molar-refractivity contribution in [3.63, 3.8) is 0 Å². The lowest BCUT2D eigenvalue weighted by molar-refractivity contribution is -0.237. The maximum atomic E-state index is 11.4. The van der Waals surface area contributed by atoms with Crippen LogP contribution in [-0.2, 0) is 28.5 Å². The summed E-state index contributed by atoms with van der Waals surface area (Å²) in [6.45, 7) is 7.47. The van der Waals surface area contributed by atoms with Crippen LogP contribution >= 0.6 is 34.8 Å². The molecule has 1 saturated heterocycles. The van der Waals surface area contributed by atoms with Crippen LogP contribution in [0.1, 0.15) is 20.8 Å². The number of nitrogens with zero attached hydrogens (tertiary/aromatic N) is 1. The third-order valence-electron chi connectivity index (χ3n) is 3.47. The number of hydrogen-bond acceptors (Lipinski definition) is 8. The molecule has 1 aliphatic heterocycles. The Balaban J connectivity index is 3.03. The summed E-state index contributed by atoms with van der Waals surface area (Å²) in [6.07, 6.45) is -2.76. The van der Waals surface area contributed by atoms with Gasteiger partial charge < -0.3 is 18.9 Å². The summed E-state index contributed by atoms with van der Waals surface area (Å²) in [7, 11) is 0. The maximum absolute atomic E-state index is 11.4. The number of rotatable bonds is 5. The van der Waals surface area contributed by atoms with Gasteiger partial charge in [-0.2, -0.15) is 0 Å². The molecule has 1 heterocycles. The van der Waals surface area contributed by atoms with Gasteiger partial charge in [0.1, 0.15) is 24.9 Å². The molecule has 11 heteroatoms. The molecule has 142 valence electrons. The Morgan fingerprint density at radius 3 is 2.28 bits per heavy atom. The molecule has 8 nitrogen and oxygen atoms in total. The van der Waals surface area contributed by atoms with E-state index in [1.165, 1.54) is 13.8 Å². The van der Waals surface area contributed by atoms with Crippen LogP contribution in [0.5, 0.6) is 0 Å². The zero-order valence-corrected chi connectivity index (χ0v) is 16.1. The first kappa shape index (κ1) is 22.0. The fourth-order valence-corrected chi connectivity index (χ4v) is 2.49. The highest BCUT2D eigenvalue weighted by atomic mass is 35.6. The number of carbonyl (C=O) groups excluding carboxylic acids is 2. The monoisotopic (exact) mass is 416 g/mol. The summed E-state index contributed by atoms with van der Waals surface area (Å²) >= 11 is 16.8. The van der Waals surface area contributed by atoms with Gasteiger partial charge in [-0.25, -0.2) is 0 Å². The lowest BCUT2D eigenvalue weighted by Gasteiger charge is -2.43. The number of nitrogens with one attached hydrogen (secondary N) is 1. The van der Waals surface area contributed by atoms with Crippen molar-refractivity contribution >= 4 is 59.4 Å². The van der Waals surface area contributed by atoms with Crippen LogP contribution in [0, 0.1) is 11.3 Å². The van der Waals surface area contributed by atoms with Crippen LogP contribution in [-0.4, -0.2) is 59.5 Å². The van der Waals surface area contributed by atoms with Crippen molar-refractivity contribution in [2.45, 2.75) is 49.1 Å². The topological polar surface area (TPSA) is 107 Å². The van der Waals surface area contributed by atoms with Gasteiger partial charge in [0.05, 0.1) is 0 Å². The minimum atomic E-state index is -2.09. The van der Waals surface area contributed by atoms with E-state index in [0.29, 0.717) is 0 Å². The summed E-state index contributed by atoms with van der Waals surface area (Å²) in [5.74, 6) is -2.16. The number of alkyl halides is 3. The van der Waals surface area contributed by atoms with Crippen molar-refractivity contribution in [3.8, 4) is 0 Å². The molecule has 0 aromatic carbocycles. The molecule has 1 rings (SSSR count). The molecule has 0 aromatic rings. The second-order valence-corrected chi connectivity index (χ2v) is 7.68. The fraction of sp³-hybridized carbons (Fsp3) is 0.714. The summed E-state index contributed by atoms with van der Waals surface area (Å²) in [4.78, 5) is 26.4. The predicted molar refractivity (Wildman–Crippen MR) is 92.5 cm³/mol. The Bertz CT molecular complexity index is 539. The highest BCUT2D eigenvalue weighted by Gasteiger charge is 2.48. The van der Waals surface area contributed by atoms with Gasteiger partial charge in [-0.05, 0) is 6.72 Å². The third kappa shape index (κ3) is 6.29. The second-order valence-electron chi connectivity index (χ2n) is 5.40. The zero-order chi connectivity index (χ0) is 19.4. The van der Waals surface area contributed by atoms with Crippen LogP contribution in [0.4, 0.5) is 0 Å². The molecule has 5 atom stereocenters. The summed E-state index contributed by atoms with van der Waals surface area (Å²) in [6, 6.07) is -0.717. The smallest absolute Gasteiger partial charge is 0.303 e. The zero-order valence-electron chi connectivity index (χ0n) is 13.8. The number of halogens is 3. The SMILES string of the molecule is C=NC1C(OC(=N)C(Cl)(Cl)Cl)OC(COC(C)=O)C(OC(C)=O)C1C. The van der Waals surface area contributed by atoms with E-state index in [4.69, 9.17) is 59.2 Å². The molecule has 5 unspecified atom stereocenters. The highest BCUT2D eigenvalue weighted by Crippen LogP contribution is 2.34. The minimum Gasteiger partial charge on any atom is -0.463 e. The molecule has 1 N–H and O–H groups in total. The molecule has 25 heavy (non-hydrogen) atoms. The summed E-state index contributed by atoms with van der Waals surface area (Å²) in [5, 5.41) is 7.68. The first-order valence-corrected chi connectivity index (χ1v) is 8.35. The number of hydrogen-bond donors (Lipinski definition) is 1. The molecule has 1 fully saturated rings. The van der Waals surface area contributed by atoms with E-state index >= 15 is 0 Å². The van der Waals surface area contributed by atoms with Crippen molar-refractivity contribution in [3.05, 3.63) is 0 Å². The third-order valence-corrected chi connectivity index (χ3v) is 3.98. The van der Waals surface area contributed by atoms with Crippen LogP contribution in [0.15, 0.2) is 4.99 Å². The number of ether oxygens (including phenoxy) is 4. The Morgan fingerprint density at radius 2 is 1.84 bits per heavy atom. The van der Waals surface area contributed by atoms with E-state index < -0.39 is 52.1 Å². The molecule has 0 amide bonds. The van der Waals surface area contributed by atoms with E-state index in [1.54, 1.807) is 6.92 Å². The van der Waals surface area contributed by atoms with E-state index in [9.17, 15) is 9.59 Å². The van der Waals surface area contributed by atoms with E-state index in [0.717, 1.165) is 0 Å². The van der Waals surface area contributed by atoms with Crippen molar-refractivity contribution < 1.29 is 28.5 Å². The Labute approximate surface area is 160 Å². The van der Waals surface area contributed by atoms with Crippen molar-refractivity contribution in [2.75, 3.05) is 6.61 Å². The van der Waals surface area contributed by atoms with Crippen LogP contribution in [0.2, 0.25) is 0 Å². The first-order chi connectivity index (χ1) is 11.5. The highest BCUT2D eigenvalue weighted by molar-refractivity contribution is 6.76. The molecular formula is C14H19Cl3N2O6. The Morgan fingerprint density at radius 1 is 1.24 bits per heavy atom. The molecule has 0 saturated carbocycles. The van der Waals surface area contributed by atoms with Gasteiger partial charge in [-0.1, -0.05) is 41.7 Å². The average molecular weight is 418 g/mol. The van der Waals surface area contributed by atoms with Crippen LogP contribution in [0.3, 0.4) is 0 Å². The molecule has 0 spiro atoms. The van der Waals surface area contributed by atoms with Gasteiger partial charge in [0.25, 0.3) is 3.79 Å². The van der Waals surface area contributed by atoms with Crippen molar-refractivity contribution in [2.24, 2.45) is 10.9 Å². The number of aliphatic imine (C=N–C) groups is 1. The molecule has 1 aliphatic rings.